The number of benzene rings is 1. The number of carbonyl (C=O) groups is 1. The number of rotatable bonds is 4. The van der Waals surface area contributed by atoms with Gasteiger partial charge in [-0.3, -0.25) is 20.0 Å². The molecule has 0 aliphatic carbocycles. The number of aryl methyl sites for hydroxylation is 1. The summed E-state index contributed by atoms with van der Waals surface area (Å²) in [5.41, 5.74) is 0.850. The highest BCUT2D eigenvalue weighted by molar-refractivity contribution is 5.94. The van der Waals surface area contributed by atoms with Crippen LogP contribution in [0.2, 0.25) is 0 Å². The van der Waals surface area contributed by atoms with Crippen molar-refractivity contribution < 1.29 is 9.72 Å². The average Bonchev–Trinajstić information content (AvgIpc) is 2.90. The van der Waals surface area contributed by atoms with Crippen molar-refractivity contribution in [3.8, 4) is 0 Å². The molecule has 2 aromatic rings. The molecule has 0 saturated heterocycles. The molecule has 1 amide bonds. The van der Waals surface area contributed by atoms with Crippen LogP contribution in [0.5, 0.6) is 0 Å². The van der Waals surface area contributed by atoms with Gasteiger partial charge < -0.3 is 4.90 Å². The first-order valence-corrected chi connectivity index (χ1v) is 5.84. The number of H-pyrrole nitrogens is 1. The van der Waals surface area contributed by atoms with Gasteiger partial charge in [0.2, 0.25) is 0 Å². The summed E-state index contributed by atoms with van der Waals surface area (Å²) in [5.74, 6) is 0.332. The maximum atomic E-state index is 12.2. The summed E-state index contributed by atoms with van der Waals surface area (Å²) >= 11 is 0. The lowest BCUT2D eigenvalue weighted by molar-refractivity contribution is -0.385. The van der Waals surface area contributed by atoms with E-state index in [9.17, 15) is 14.9 Å². The number of carbonyl (C=O) groups excluding carboxylic acids is 1. The van der Waals surface area contributed by atoms with E-state index >= 15 is 0 Å². The van der Waals surface area contributed by atoms with Gasteiger partial charge in [0.25, 0.3) is 11.6 Å². The number of nitrogens with one attached hydrogen (secondary N) is 1. The number of hydrogen-bond donors (Lipinski definition) is 1. The lowest BCUT2D eigenvalue weighted by atomic mass is 10.1. The highest BCUT2D eigenvalue weighted by Gasteiger charge is 2.17. The molecule has 0 aliphatic heterocycles. The van der Waals surface area contributed by atoms with Crippen molar-refractivity contribution in [1.82, 2.24) is 20.1 Å². The highest BCUT2D eigenvalue weighted by atomic mass is 16.6. The number of hydrogen-bond acceptors (Lipinski definition) is 5. The largest absolute Gasteiger partial charge is 0.334 e. The third-order valence-corrected chi connectivity index (χ3v) is 2.84. The van der Waals surface area contributed by atoms with Gasteiger partial charge in [0.05, 0.1) is 11.5 Å². The van der Waals surface area contributed by atoms with E-state index in [1.54, 1.807) is 14.0 Å². The van der Waals surface area contributed by atoms with Crippen molar-refractivity contribution in [3.63, 3.8) is 0 Å². The Morgan fingerprint density at radius 3 is 2.80 bits per heavy atom. The number of nitro groups is 1. The Labute approximate surface area is 114 Å². The van der Waals surface area contributed by atoms with Gasteiger partial charge in [-0.2, -0.15) is 5.10 Å². The van der Waals surface area contributed by atoms with Crippen LogP contribution in [0, 0.1) is 17.0 Å². The van der Waals surface area contributed by atoms with Gasteiger partial charge in [0.15, 0.2) is 0 Å². The Morgan fingerprint density at radius 1 is 1.50 bits per heavy atom. The predicted molar refractivity (Wildman–Crippen MR) is 70.0 cm³/mol. The minimum absolute atomic E-state index is 0.000521. The van der Waals surface area contributed by atoms with Gasteiger partial charge in [-0.25, -0.2) is 4.98 Å². The first-order chi connectivity index (χ1) is 9.49. The van der Waals surface area contributed by atoms with Crippen LogP contribution >= 0.6 is 0 Å². The third-order valence-electron chi connectivity index (χ3n) is 2.84. The SMILES string of the molecule is Cc1cc(C(=O)N(C)Cc2ncn[nH]2)ccc1[N+](=O)[O-]. The van der Waals surface area contributed by atoms with Crippen LogP contribution in [0.1, 0.15) is 21.7 Å². The van der Waals surface area contributed by atoms with Crippen LogP contribution < -0.4 is 0 Å². The van der Waals surface area contributed by atoms with Crippen LogP contribution in [0.4, 0.5) is 5.69 Å². The second kappa shape index (κ2) is 5.47. The fourth-order valence-corrected chi connectivity index (χ4v) is 1.82. The maximum absolute atomic E-state index is 12.2. The van der Waals surface area contributed by atoms with Gasteiger partial charge >= 0.3 is 0 Å². The van der Waals surface area contributed by atoms with E-state index < -0.39 is 4.92 Å². The lowest BCUT2D eigenvalue weighted by Crippen LogP contribution is -2.26. The molecule has 1 aromatic carbocycles. The van der Waals surface area contributed by atoms with Crippen LogP contribution in [-0.4, -0.2) is 38.0 Å². The van der Waals surface area contributed by atoms with Crippen molar-refractivity contribution in [1.29, 1.82) is 0 Å². The first kappa shape index (κ1) is 13.7. The molecule has 2 rings (SSSR count). The van der Waals surface area contributed by atoms with Crippen molar-refractivity contribution in [3.05, 3.63) is 51.6 Å². The molecule has 0 aliphatic rings. The Hall–Kier alpha value is -2.77. The quantitative estimate of drug-likeness (QED) is 0.668. The van der Waals surface area contributed by atoms with Gasteiger partial charge in [0, 0.05) is 24.2 Å². The summed E-state index contributed by atoms with van der Waals surface area (Å²) in [6.45, 7) is 1.89. The number of nitrogens with zero attached hydrogens (tertiary/aromatic N) is 4. The molecule has 0 fully saturated rings. The summed E-state index contributed by atoms with van der Waals surface area (Å²) in [5, 5.41) is 17.1. The molecule has 8 nitrogen and oxygen atoms in total. The minimum Gasteiger partial charge on any atom is -0.334 e. The molecular formula is C12H13N5O3. The number of aromatic amines is 1. The molecule has 0 spiro atoms. The Bertz CT molecular complexity index is 639. The molecule has 0 unspecified atom stereocenters. The first-order valence-electron chi connectivity index (χ1n) is 5.84. The van der Waals surface area contributed by atoms with Gasteiger partial charge in [-0.15, -0.1) is 0 Å². The molecule has 1 heterocycles. The smallest absolute Gasteiger partial charge is 0.272 e. The van der Waals surface area contributed by atoms with Crippen LogP contribution in [0.15, 0.2) is 24.5 Å². The molecule has 0 bridgehead atoms. The Balaban J connectivity index is 2.16. The zero-order chi connectivity index (χ0) is 14.7. The van der Waals surface area contributed by atoms with E-state index in [2.05, 4.69) is 15.2 Å². The standard InChI is InChI=1S/C12H13N5O3/c1-8-5-9(3-4-10(8)17(19)20)12(18)16(2)6-11-13-7-14-15-11/h3-5,7H,6H2,1-2H3,(H,13,14,15). The third kappa shape index (κ3) is 2.79. The zero-order valence-corrected chi connectivity index (χ0v) is 11.0. The van der Waals surface area contributed by atoms with Crippen molar-refractivity contribution >= 4 is 11.6 Å². The van der Waals surface area contributed by atoms with E-state index in [4.69, 9.17) is 0 Å². The van der Waals surface area contributed by atoms with E-state index in [0.717, 1.165) is 0 Å². The summed E-state index contributed by atoms with van der Waals surface area (Å²) in [6, 6.07) is 4.30. The van der Waals surface area contributed by atoms with E-state index in [1.807, 2.05) is 0 Å². The fraction of sp³-hybridized carbons (Fsp3) is 0.250. The van der Waals surface area contributed by atoms with Crippen LogP contribution in [0.25, 0.3) is 0 Å². The average molecular weight is 275 g/mol. The predicted octanol–water partition coefficient (Wildman–Crippen LogP) is 1.29. The van der Waals surface area contributed by atoms with Gasteiger partial charge in [-0.1, -0.05) is 0 Å². The van der Waals surface area contributed by atoms with E-state index in [1.165, 1.54) is 29.4 Å². The number of aromatic nitrogens is 3. The second-order valence-electron chi connectivity index (χ2n) is 4.35. The molecule has 20 heavy (non-hydrogen) atoms. The van der Waals surface area contributed by atoms with Crippen LogP contribution in [0.3, 0.4) is 0 Å². The molecule has 1 N–H and O–H groups in total. The monoisotopic (exact) mass is 275 g/mol. The number of nitro benzene ring substituents is 1. The van der Waals surface area contributed by atoms with Gasteiger partial charge in [-0.05, 0) is 19.1 Å². The second-order valence-corrected chi connectivity index (χ2v) is 4.35. The van der Waals surface area contributed by atoms with Crippen molar-refractivity contribution in [2.75, 3.05) is 7.05 Å². The maximum Gasteiger partial charge on any atom is 0.272 e. The highest BCUT2D eigenvalue weighted by Crippen LogP contribution is 2.19. The van der Waals surface area contributed by atoms with E-state index in [-0.39, 0.29) is 18.1 Å². The van der Waals surface area contributed by atoms with Crippen molar-refractivity contribution in [2.24, 2.45) is 0 Å². The summed E-state index contributed by atoms with van der Waals surface area (Å²) < 4.78 is 0. The molecule has 0 atom stereocenters. The van der Waals surface area contributed by atoms with Gasteiger partial charge in [0.1, 0.15) is 12.2 Å². The van der Waals surface area contributed by atoms with Crippen molar-refractivity contribution in [2.45, 2.75) is 13.5 Å². The fourth-order valence-electron chi connectivity index (χ4n) is 1.82. The minimum atomic E-state index is -0.470. The number of amides is 1. The topological polar surface area (TPSA) is 105 Å². The molecular weight excluding hydrogens is 262 g/mol. The summed E-state index contributed by atoms with van der Waals surface area (Å²) in [6.07, 6.45) is 1.36. The molecule has 104 valence electrons. The molecule has 0 radical (unpaired) electrons. The van der Waals surface area contributed by atoms with Crippen LogP contribution in [-0.2, 0) is 6.54 Å². The zero-order valence-electron chi connectivity index (χ0n) is 11.0. The Morgan fingerprint density at radius 2 is 2.25 bits per heavy atom. The van der Waals surface area contributed by atoms with E-state index in [0.29, 0.717) is 17.0 Å². The Kier molecular flexibility index (Phi) is 3.74. The summed E-state index contributed by atoms with van der Waals surface area (Å²) in [7, 11) is 1.63. The summed E-state index contributed by atoms with van der Waals surface area (Å²) in [4.78, 5) is 27.9. The normalized spacial score (nSPS) is 10.3. The lowest BCUT2D eigenvalue weighted by Gasteiger charge is -2.15. The molecule has 1 aromatic heterocycles. The molecule has 0 saturated carbocycles. The molecule has 8 heteroatoms.